The van der Waals surface area contributed by atoms with Crippen LogP contribution < -0.4 is 10.6 Å². The molecule has 0 bridgehead atoms. The fourth-order valence-electron chi connectivity index (χ4n) is 3.64. The summed E-state index contributed by atoms with van der Waals surface area (Å²) >= 11 is 5.93. The molecular weight excluding hydrogens is 416 g/mol. The summed E-state index contributed by atoms with van der Waals surface area (Å²) in [5.74, 6) is 2.56. The molecule has 0 spiro atoms. The van der Waals surface area contributed by atoms with Crippen LogP contribution in [-0.2, 0) is 11.2 Å². The molecule has 1 atom stereocenters. The second kappa shape index (κ2) is 12.0. The quantitative estimate of drug-likeness (QED) is 0.450. The minimum Gasteiger partial charge on any atom is -0.379 e. The molecule has 3 rings (SSSR count). The first-order chi connectivity index (χ1) is 15.0. The summed E-state index contributed by atoms with van der Waals surface area (Å²) in [6.45, 7) is 9.61. The van der Waals surface area contributed by atoms with Gasteiger partial charge in [0.05, 0.1) is 13.2 Å². The summed E-state index contributed by atoms with van der Waals surface area (Å²) in [6.07, 6.45) is 1.75. The summed E-state index contributed by atoms with van der Waals surface area (Å²) in [5, 5.41) is 11.5. The molecule has 1 aromatic carbocycles. The van der Waals surface area contributed by atoms with Gasteiger partial charge in [0.25, 0.3) is 0 Å². The standard InChI is InChI=1S/C22H33ClN6O2/c1-16(2)14-19(29-10-12-30-13-11-29)15-26-22(24-3)25-9-8-20-27-21(28-31-20)17-4-6-18(23)7-5-17/h4-7,16,19H,8-15H2,1-3H3,(H2,24,25,26). The third kappa shape index (κ3) is 7.48. The van der Waals surface area contributed by atoms with Gasteiger partial charge < -0.3 is 19.9 Å². The van der Waals surface area contributed by atoms with Crippen LogP contribution in [0.5, 0.6) is 0 Å². The van der Waals surface area contributed by atoms with Crippen molar-refractivity contribution in [2.24, 2.45) is 10.9 Å². The fourth-order valence-corrected chi connectivity index (χ4v) is 3.77. The Morgan fingerprint density at radius 2 is 1.94 bits per heavy atom. The molecule has 8 nitrogen and oxygen atoms in total. The summed E-state index contributed by atoms with van der Waals surface area (Å²) in [4.78, 5) is 11.3. The number of hydrogen-bond donors (Lipinski definition) is 2. The molecule has 2 heterocycles. The van der Waals surface area contributed by atoms with E-state index >= 15 is 0 Å². The van der Waals surface area contributed by atoms with Gasteiger partial charge in [-0.05, 0) is 36.6 Å². The van der Waals surface area contributed by atoms with E-state index in [9.17, 15) is 0 Å². The van der Waals surface area contributed by atoms with Gasteiger partial charge >= 0.3 is 0 Å². The first kappa shape index (κ1) is 23.5. The summed E-state index contributed by atoms with van der Waals surface area (Å²) in [5.41, 5.74) is 0.879. The van der Waals surface area contributed by atoms with Crippen LogP contribution in [0, 0.1) is 5.92 Å². The summed E-state index contributed by atoms with van der Waals surface area (Å²) < 4.78 is 10.9. The molecule has 0 aliphatic carbocycles. The highest BCUT2D eigenvalue weighted by Gasteiger charge is 2.22. The van der Waals surface area contributed by atoms with Crippen LogP contribution in [0.2, 0.25) is 5.02 Å². The first-order valence-corrected chi connectivity index (χ1v) is 11.3. The third-order valence-corrected chi connectivity index (χ3v) is 5.49. The predicted octanol–water partition coefficient (Wildman–Crippen LogP) is 2.84. The Labute approximate surface area is 189 Å². The maximum Gasteiger partial charge on any atom is 0.228 e. The molecule has 1 saturated heterocycles. The molecule has 1 aromatic heterocycles. The van der Waals surface area contributed by atoms with Crippen LogP contribution in [0.4, 0.5) is 0 Å². The van der Waals surface area contributed by atoms with Crippen molar-refractivity contribution in [1.29, 1.82) is 0 Å². The number of benzene rings is 1. The van der Waals surface area contributed by atoms with E-state index in [1.165, 1.54) is 0 Å². The van der Waals surface area contributed by atoms with Gasteiger partial charge in [-0.1, -0.05) is 30.6 Å². The van der Waals surface area contributed by atoms with E-state index in [2.05, 4.69) is 44.5 Å². The zero-order valence-corrected chi connectivity index (χ0v) is 19.4. The number of aliphatic imine (C=N–C) groups is 1. The lowest BCUT2D eigenvalue weighted by Gasteiger charge is -2.35. The van der Waals surface area contributed by atoms with E-state index in [1.807, 2.05) is 24.3 Å². The third-order valence-electron chi connectivity index (χ3n) is 5.24. The molecule has 0 saturated carbocycles. The Bertz CT molecular complexity index is 818. The number of nitrogens with zero attached hydrogens (tertiary/aromatic N) is 4. The maximum atomic E-state index is 5.93. The number of hydrogen-bond acceptors (Lipinski definition) is 6. The van der Waals surface area contributed by atoms with Crippen molar-refractivity contribution in [2.75, 3.05) is 46.4 Å². The van der Waals surface area contributed by atoms with Crippen molar-refractivity contribution < 1.29 is 9.26 Å². The Hall–Kier alpha value is -2.16. The van der Waals surface area contributed by atoms with E-state index in [-0.39, 0.29) is 0 Å². The Morgan fingerprint density at radius 3 is 2.61 bits per heavy atom. The normalized spacial score (nSPS) is 16.5. The molecule has 0 radical (unpaired) electrons. The number of halogens is 1. The smallest absolute Gasteiger partial charge is 0.228 e. The second-order valence-electron chi connectivity index (χ2n) is 8.08. The van der Waals surface area contributed by atoms with E-state index in [0.717, 1.165) is 50.8 Å². The molecule has 2 N–H and O–H groups in total. The lowest BCUT2D eigenvalue weighted by atomic mass is 10.0. The van der Waals surface area contributed by atoms with Gasteiger partial charge in [0.2, 0.25) is 11.7 Å². The number of morpholine rings is 1. The molecule has 1 aliphatic heterocycles. The fraction of sp³-hybridized carbons (Fsp3) is 0.591. The van der Waals surface area contributed by atoms with Crippen molar-refractivity contribution >= 4 is 17.6 Å². The van der Waals surface area contributed by atoms with Crippen molar-refractivity contribution in [1.82, 2.24) is 25.7 Å². The van der Waals surface area contributed by atoms with Crippen molar-refractivity contribution in [3.05, 3.63) is 35.2 Å². The van der Waals surface area contributed by atoms with Gasteiger partial charge in [0.1, 0.15) is 0 Å². The highest BCUT2D eigenvalue weighted by molar-refractivity contribution is 6.30. The van der Waals surface area contributed by atoms with Crippen molar-refractivity contribution in [3.63, 3.8) is 0 Å². The predicted molar refractivity (Wildman–Crippen MR) is 123 cm³/mol. The largest absolute Gasteiger partial charge is 0.379 e. The van der Waals surface area contributed by atoms with Gasteiger partial charge in [-0.3, -0.25) is 9.89 Å². The maximum absolute atomic E-state index is 5.93. The first-order valence-electron chi connectivity index (χ1n) is 10.9. The van der Waals surface area contributed by atoms with Gasteiger partial charge in [0, 0.05) is 56.3 Å². The van der Waals surface area contributed by atoms with Crippen molar-refractivity contribution in [2.45, 2.75) is 32.7 Å². The number of rotatable bonds is 9. The minimum absolute atomic E-state index is 0.459. The Balaban J connectivity index is 1.46. The SMILES string of the molecule is CN=C(NCCc1nc(-c2ccc(Cl)cc2)no1)NCC(CC(C)C)N1CCOCC1. The van der Waals surface area contributed by atoms with Crippen LogP contribution >= 0.6 is 11.6 Å². The van der Waals surface area contributed by atoms with Crippen LogP contribution in [-0.4, -0.2) is 73.5 Å². The Morgan fingerprint density at radius 1 is 1.19 bits per heavy atom. The van der Waals surface area contributed by atoms with Crippen molar-refractivity contribution in [3.8, 4) is 11.4 Å². The number of ether oxygens (including phenoxy) is 1. The van der Waals surface area contributed by atoms with Gasteiger partial charge in [-0.15, -0.1) is 0 Å². The highest BCUT2D eigenvalue weighted by atomic mass is 35.5. The molecule has 2 aromatic rings. The minimum atomic E-state index is 0.459. The highest BCUT2D eigenvalue weighted by Crippen LogP contribution is 2.18. The lowest BCUT2D eigenvalue weighted by Crippen LogP contribution is -2.51. The van der Waals surface area contributed by atoms with Crippen LogP contribution in [0.1, 0.15) is 26.2 Å². The molecular formula is C22H33ClN6O2. The zero-order chi connectivity index (χ0) is 22.1. The van der Waals surface area contributed by atoms with Crippen LogP contribution in [0.25, 0.3) is 11.4 Å². The van der Waals surface area contributed by atoms with E-state index in [1.54, 1.807) is 7.05 Å². The summed E-state index contributed by atoms with van der Waals surface area (Å²) in [7, 11) is 1.78. The average molecular weight is 449 g/mol. The molecule has 1 unspecified atom stereocenters. The molecule has 9 heteroatoms. The van der Waals surface area contributed by atoms with Gasteiger partial charge in [0.15, 0.2) is 5.96 Å². The van der Waals surface area contributed by atoms with E-state index in [0.29, 0.717) is 41.7 Å². The topological polar surface area (TPSA) is 87.8 Å². The zero-order valence-electron chi connectivity index (χ0n) is 18.6. The molecule has 31 heavy (non-hydrogen) atoms. The van der Waals surface area contributed by atoms with Crippen LogP contribution in [0.3, 0.4) is 0 Å². The molecule has 1 fully saturated rings. The van der Waals surface area contributed by atoms with Crippen LogP contribution in [0.15, 0.2) is 33.8 Å². The molecule has 0 amide bonds. The number of guanidine groups is 1. The molecule has 1 aliphatic rings. The summed E-state index contributed by atoms with van der Waals surface area (Å²) in [6, 6.07) is 7.84. The lowest BCUT2D eigenvalue weighted by molar-refractivity contribution is 0.0132. The second-order valence-corrected chi connectivity index (χ2v) is 8.52. The number of aromatic nitrogens is 2. The molecule has 170 valence electrons. The average Bonchev–Trinajstić information content (AvgIpc) is 3.25. The van der Waals surface area contributed by atoms with Gasteiger partial charge in [-0.2, -0.15) is 4.98 Å². The van der Waals surface area contributed by atoms with Gasteiger partial charge in [-0.25, -0.2) is 0 Å². The van der Waals surface area contributed by atoms with E-state index < -0.39 is 0 Å². The van der Waals surface area contributed by atoms with E-state index in [4.69, 9.17) is 20.9 Å². The monoisotopic (exact) mass is 448 g/mol. The number of nitrogens with one attached hydrogen (secondary N) is 2. The Kier molecular flexibility index (Phi) is 9.12.